The lowest BCUT2D eigenvalue weighted by molar-refractivity contribution is -0.110. The van der Waals surface area contributed by atoms with Crippen LogP contribution in [-0.4, -0.2) is 90.8 Å². The number of hydrogen-bond acceptors (Lipinski definition) is 7. The number of morpholine rings is 1. The van der Waals surface area contributed by atoms with Crippen LogP contribution in [0.25, 0.3) is 0 Å². The number of benzene rings is 1. The molecule has 0 bridgehead atoms. The van der Waals surface area contributed by atoms with Gasteiger partial charge in [-0.1, -0.05) is 12.1 Å². The Bertz CT molecular complexity index is 720. The van der Waals surface area contributed by atoms with E-state index >= 15 is 0 Å². The van der Waals surface area contributed by atoms with Crippen LogP contribution in [0.5, 0.6) is 0 Å². The van der Waals surface area contributed by atoms with Gasteiger partial charge in [0.25, 0.3) is 0 Å². The molecule has 9 heteroatoms. The third kappa shape index (κ3) is 5.22. The zero-order chi connectivity index (χ0) is 20.1. The number of anilines is 1. The summed E-state index contributed by atoms with van der Waals surface area (Å²) in [6.07, 6.45) is 0.783. The van der Waals surface area contributed by atoms with Gasteiger partial charge in [0.05, 0.1) is 25.9 Å². The van der Waals surface area contributed by atoms with Gasteiger partial charge in [-0.05, 0) is 30.7 Å². The standard InChI is InChI=1S/C19H32N4O4S/c1-21(2)17-7-5-16(6-8-17)19-18(15-27-22(19)3)28(24,25)20-9-4-10-23-11-13-26-14-12-23/h5-8,18-20H,4,9-15H2,1-3H3. The molecule has 0 amide bonds. The Labute approximate surface area is 168 Å². The molecule has 0 radical (unpaired) electrons. The third-order valence-corrected chi connectivity index (χ3v) is 7.19. The molecule has 0 saturated carbocycles. The van der Waals surface area contributed by atoms with Gasteiger partial charge in [-0.3, -0.25) is 9.74 Å². The molecule has 3 rings (SSSR count). The van der Waals surface area contributed by atoms with Crippen molar-refractivity contribution in [1.82, 2.24) is 14.7 Å². The predicted octanol–water partition coefficient (Wildman–Crippen LogP) is 0.681. The number of nitrogens with zero attached hydrogens (tertiary/aromatic N) is 3. The molecule has 0 aliphatic carbocycles. The predicted molar refractivity (Wildman–Crippen MR) is 110 cm³/mol. The van der Waals surface area contributed by atoms with E-state index in [1.54, 1.807) is 12.1 Å². The lowest BCUT2D eigenvalue weighted by Gasteiger charge is -2.26. The van der Waals surface area contributed by atoms with E-state index in [1.807, 2.05) is 43.3 Å². The highest BCUT2D eigenvalue weighted by Crippen LogP contribution is 2.33. The monoisotopic (exact) mass is 412 g/mol. The Hall–Kier alpha value is -1.23. The van der Waals surface area contributed by atoms with E-state index in [1.165, 1.54) is 0 Å². The fourth-order valence-corrected chi connectivity index (χ4v) is 5.25. The van der Waals surface area contributed by atoms with Crippen LogP contribution in [0.4, 0.5) is 5.69 Å². The quantitative estimate of drug-likeness (QED) is 0.630. The van der Waals surface area contributed by atoms with Crippen LogP contribution in [0.3, 0.4) is 0 Å². The van der Waals surface area contributed by atoms with E-state index in [-0.39, 0.29) is 12.6 Å². The van der Waals surface area contributed by atoms with Crippen molar-refractivity contribution in [2.75, 3.05) is 72.0 Å². The second-order valence-electron chi connectivity index (χ2n) is 7.56. The molecule has 2 atom stereocenters. The van der Waals surface area contributed by atoms with E-state index in [2.05, 4.69) is 9.62 Å². The van der Waals surface area contributed by atoms with Crippen LogP contribution in [0.1, 0.15) is 18.0 Å². The van der Waals surface area contributed by atoms with E-state index in [0.29, 0.717) is 6.54 Å². The van der Waals surface area contributed by atoms with Gasteiger partial charge in [0.1, 0.15) is 5.25 Å². The summed E-state index contributed by atoms with van der Waals surface area (Å²) < 4.78 is 34.0. The first-order valence-corrected chi connectivity index (χ1v) is 11.3. The molecule has 28 heavy (non-hydrogen) atoms. The van der Waals surface area contributed by atoms with Gasteiger partial charge in [-0.2, -0.15) is 5.06 Å². The lowest BCUT2D eigenvalue weighted by atomic mass is 10.0. The van der Waals surface area contributed by atoms with Gasteiger partial charge in [0.15, 0.2) is 0 Å². The number of rotatable bonds is 8. The van der Waals surface area contributed by atoms with E-state index < -0.39 is 15.3 Å². The van der Waals surface area contributed by atoms with Crippen LogP contribution in [0, 0.1) is 0 Å². The molecule has 1 aromatic carbocycles. The fraction of sp³-hybridized carbons (Fsp3) is 0.684. The molecule has 1 aromatic rings. The maximum absolute atomic E-state index is 12.9. The zero-order valence-electron chi connectivity index (χ0n) is 17.0. The molecule has 2 heterocycles. The molecular formula is C19H32N4O4S. The second-order valence-corrected chi connectivity index (χ2v) is 9.54. The Morgan fingerprint density at radius 3 is 2.50 bits per heavy atom. The minimum absolute atomic E-state index is 0.162. The molecular weight excluding hydrogens is 380 g/mol. The van der Waals surface area contributed by atoms with Crippen LogP contribution in [-0.2, 0) is 19.6 Å². The summed E-state index contributed by atoms with van der Waals surface area (Å²) in [5.41, 5.74) is 2.01. The van der Waals surface area contributed by atoms with E-state index in [4.69, 9.17) is 9.57 Å². The lowest BCUT2D eigenvalue weighted by Crippen LogP contribution is -2.41. The molecule has 0 spiro atoms. The highest BCUT2D eigenvalue weighted by Gasteiger charge is 2.43. The number of sulfonamides is 1. The van der Waals surface area contributed by atoms with E-state index in [0.717, 1.165) is 50.5 Å². The Morgan fingerprint density at radius 2 is 1.86 bits per heavy atom. The highest BCUT2D eigenvalue weighted by molar-refractivity contribution is 7.90. The SMILES string of the molecule is CN(C)c1ccc(C2C(S(=O)(=O)NCCCN3CCOCC3)CON2C)cc1. The third-order valence-electron chi connectivity index (χ3n) is 5.39. The Balaban J connectivity index is 1.59. The van der Waals surface area contributed by atoms with Crippen LogP contribution >= 0.6 is 0 Å². The van der Waals surface area contributed by atoms with Gasteiger partial charge in [-0.15, -0.1) is 0 Å². The minimum Gasteiger partial charge on any atom is -0.379 e. The van der Waals surface area contributed by atoms with Crippen molar-refractivity contribution >= 4 is 15.7 Å². The molecule has 2 aliphatic rings. The number of hydroxylamine groups is 2. The highest BCUT2D eigenvalue weighted by atomic mass is 32.2. The van der Waals surface area contributed by atoms with Crippen molar-refractivity contribution < 1.29 is 18.0 Å². The van der Waals surface area contributed by atoms with Crippen LogP contribution in [0.2, 0.25) is 0 Å². The number of hydrogen-bond donors (Lipinski definition) is 1. The Kier molecular flexibility index (Phi) is 7.30. The van der Waals surface area contributed by atoms with Crippen molar-refractivity contribution in [2.24, 2.45) is 0 Å². The second kappa shape index (κ2) is 9.51. The summed E-state index contributed by atoms with van der Waals surface area (Å²) in [5.74, 6) is 0. The molecule has 8 nitrogen and oxygen atoms in total. The van der Waals surface area contributed by atoms with Gasteiger partial charge in [0, 0.05) is 46.5 Å². The van der Waals surface area contributed by atoms with Crippen molar-refractivity contribution in [3.05, 3.63) is 29.8 Å². The first kappa shape index (κ1) is 21.5. The molecule has 2 aliphatic heterocycles. The number of nitrogens with one attached hydrogen (secondary N) is 1. The van der Waals surface area contributed by atoms with Gasteiger partial charge in [0.2, 0.25) is 10.0 Å². The van der Waals surface area contributed by atoms with Crippen molar-refractivity contribution in [3.63, 3.8) is 0 Å². The van der Waals surface area contributed by atoms with Crippen LogP contribution < -0.4 is 9.62 Å². The summed E-state index contributed by atoms with van der Waals surface area (Å²) in [5, 5.41) is 1.02. The fourth-order valence-electron chi connectivity index (χ4n) is 3.70. The first-order chi connectivity index (χ1) is 13.4. The molecule has 1 N–H and O–H groups in total. The summed E-state index contributed by atoms with van der Waals surface area (Å²) in [6, 6.07) is 7.63. The average Bonchev–Trinajstić information content (AvgIpc) is 3.08. The van der Waals surface area contributed by atoms with Crippen molar-refractivity contribution in [3.8, 4) is 0 Å². The summed E-state index contributed by atoms with van der Waals surface area (Å²) in [6.45, 7) is 4.82. The molecule has 158 valence electrons. The summed E-state index contributed by atoms with van der Waals surface area (Å²) in [4.78, 5) is 9.90. The van der Waals surface area contributed by atoms with Gasteiger partial charge < -0.3 is 9.64 Å². The first-order valence-electron chi connectivity index (χ1n) is 9.80. The topological polar surface area (TPSA) is 74.4 Å². The van der Waals surface area contributed by atoms with Gasteiger partial charge >= 0.3 is 0 Å². The average molecular weight is 413 g/mol. The van der Waals surface area contributed by atoms with Crippen molar-refractivity contribution in [1.29, 1.82) is 0 Å². The Morgan fingerprint density at radius 1 is 1.18 bits per heavy atom. The van der Waals surface area contributed by atoms with Crippen molar-refractivity contribution in [2.45, 2.75) is 17.7 Å². The number of ether oxygens (including phenoxy) is 1. The molecule has 2 saturated heterocycles. The largest absolute Gasteiger partial charge is 0.379 e. The molecule has 0 aromatic heterocycles. The smallest absolute Gasteiger partial charge is 0.218 e. The maximum Gasteiger partial charge on any atom is 0.218 e. The molecule has 2 fully saturated rings. The summed E-state index contributed by atoms with van der Waals surface area (Å²) in [7, 11) is 2.26. The summed E-state index contributed by atoms with van der Waals surface area (Å²) >= 11 is 0. The normalized spacial score (nSPS) is 24.5. The van der Waals surface area contributed by atoms with Gasteiger partial charge in [-0.25, -0.2) is 13.1 Å². The van der Waals surface area contributed by atoms with Crippen LogP contribution in [0.15, 0.2) is 24.3 Å². The zero-order valence-corrected chi connectivity index (χ0v) is 17.8. The maximum atomic E-state index is 12.9. The molecule has 2 unspecified atom stereocenters. The van der Waals surface area contributed by atoms with E-state index in [9.17, 15) is 8.42 Å². The minimum atomic E-state index is -3.49.